The monoisotopic (exact) mass is 492 g/mol. The number of hydrogen-bond acceptors (Lipinski definition) is 5. The molecular weight excluding hydrogens is 448 g/mol. The molecule has 0 aliphatic carbocycles. The summed E-state index contributed by atoms with van der Waals surface area (Å²) in [6, 6.07) is 13.7. The van der Waals surface area contributed by atoms with Crippen molar-refractivity contribution >= 4 is 11.8 Å². The third-order valence-corrected chi connectivity index (χ3v) is 7.13. The van der Waals surface area contributed by atoms with Gasteiger partial charge in [0.15, 0.2) is 0 Å². The standard InChI is InChI=1S/C30H44N4O2/c1-3-4-5-6-7-8-16-34(21-23-12-14-33-15-13-23)22-24-17-27(20-28(18-24)30(35)36-2)25-10-9-11-26(19-25)29(31)32/h9-11,17-20,23,33H,3-8,12-16,21-22H2,1-2H3,(H3,31,32). The minimum absolute atomic E-state index is 0.0354. The summed E-state index contributed by atoms with van der Waals surface area (Å²) in [5, 5.41) is 11.3. The highest BCUT2D eigenvalue weighted by molar-refractivity contribution is 5.96. The summed E-state index contributed by atoms with van der Waals surface area (Å²) in [5.41, 5.74) is 9.95. The predicted molar refractivity (Wildman–Crippen MR) is 148 cm³/mol. The number of nitrogens with two attached hydrogens (primary N) is 1. The Morgan fingerprint density at radius 3 is 2.47 bits per heavy atom. The molecule has 4 N–H and O–H groups in total. The van der Waals surface area contributed by atoms with Gasteiger partial charge < -0.3 is 15.8 Å². The van der Waals surface area contributed by atoms with Crippen molar-refractivity contribution in [3.05, 3.63) is 59.2 Å². The molecule has 36 heavy (non-hydrogen) atoms. The van der Waals surface area contributed by atoms with Crippen LogP contribution in [-0.4, -0.2) is 50.0 Å². The Labute approximate surface area is 217 Å². The highest BCUT2D eigenvalue weighted by atomic mass is 16.5. The molecule has 0 amide bonds. The number of esters is 1. The van der Waals surface area contributed by atoms with Crippen LogP contribution < -0.4 is 11.1 Å². The van der Waals surface area contributed by atoms with Crippen molar-refractivity contribution in [2.45, 2.75) is 64.8 Å². The van der Waals surface area contributed by atoms with Gasteiger partial charge in [-0.1, -0.05) is 57.2 Å². The number of nitrogens with zero attached hydrogens (tertiary/aromatic N) is 1. The Morgan fingerprint density at radius 2 is 1.75 bits per heavy atom. The highest BCUT2D eigenvalue weighted by Gasteiger charge is 2.19. The molecule has 0 bridgehead atoms. The van der Waals surface area contributed by atoms with Crippen LogP contribution in [0.25, 0.3) is 11.1 Å². The van der Waals surface area contributed by atoms with Gasteiger partial charge in [0, 0.05) is 18.7 Å². The van der Waals surface area contributed by atoms with Crippen LogP contribution in [0.5, 0.6) is 0 Å². The summed E-state index contributed by atoms with van der Waals surface area (Å²) in [6.07, 6.45) is 10.2. The molecule has 6 nitrogen and oxygen atoms in total. The molecule has 2 aromatic rings. The van der Waals surface area contributed by atoms with Gasteiger partial charge in [-0.25, -0.2) is 4.79 Å². The van der Waals surface area contributed by atoms with Crippen LogP contribution in [0.3, 0.4) is 0 Å². The van der Waals surface area contributed by atoms with E-state index in [-0.39, 0.29) is 11.8 Å². The lowest BCUT2D eigenvalue weighted by Gasteiger charge is -2.30. The Kier molecular flexibility index (Phi) is 11.4. The van der Waals surface area contributed by atoms with Gasteiger partial charge in [0.2, 0.25) is 0 Å². The normalized spacial score (nSPS) is 14.2. The molecule has 1 heterocycles. The van der Waals surface area contributed by atoms with E-state index < -0.39 is 0 Å². The number of hydrogen-bond donors (Lipinski definition) is 3. The second kappa shape index (κ2) is 14.8. The number of amidine groups is 1. The van der Waals surface area contributed by atoms with Crippen LogP contribution in [0.2, 0.25) is 0 Å². The maximum absolute atomic E-state index is 12.5. The predicted octanol–water partition coefficient (Wildman–Crippen LogP) is 5.59. The molecule has 3 rings (SSSR count). The Morgan fingerprint density at radius 1 is 1.03 bits per heavy atom. The molecule has 1 aliphatic heterocycles. The number of carbonyl (C=O) groups excluding carboxylic acids is 1. The smallest absolute Gasteiger partial charge is 0.337 e. The molecule has 6 heteroatoms. The molecule has 1 aliphatic rings. The van der Waals surface area contributed by atoms with Crippen LogP contribution >= 0.6 is 0 Å². The minimum Gasteiger partial charge on any atom is -0.465 e. The molecule has 0 atom stereocenters. The van der Waals surface area contributed by atoms with E-state index >= 15 is 0 Å². The first-order valence-electron chi connectivity index (χ1n) is 13.6. The van der Waals surface area contributed by atoms with E-state index in [0.717, 1.165) is 49.4 Å². The molecule has 0 saturated carbocycles. The van der Waals surface area contributed by atoms with Gasteiger partial charge in [-0.3, -0.25) is 10.3 Å². The van der Waals surface area contributed by atoms with Crippen LogP contribution in [-0.2, 0) is 11.3 Å². The van der Waals surface area contributed by atoms with Gasteiger partial charge in [0.05, 0.1) is 12.7 Å². The van der Waals surface area contributed by atoms with Crippen molar-refractivity contribution in [3.8, 4) is 11.1 Å². The number of methoxy groups -OCH3 is 1. The summed E-state index contributed by atoms with van der Waals surface area (Å²) in [6.45, 7) is 7.44. The van der Waals surface area contributed by atoms with E-state index in [1.807, 2.05) is 36.4 Å². The van der Waals surface area contributed by atoms with E-state index in [9.17, 15) is 4.79 Å². The topological polar surface area (TPSA) is 91.4 Å². The Hall–Kier alpha value is -2.70. The number of nitrogen functional groups attached to an aromatic ring is 1. The second-order valence-electron chi connectivity index (χ2n) is 10.1. The Bertz CT molecular complexity index is 985. The average molecular weight is 493 g/mol. The van der Waals surface area contributed by atoms with Gasteiger partial charge in [-0.05, 0) is 85.8 Å². The van der Waals surface area contributed by atoms with Crippen molar-refractivity contribution in [3.63, 3.8) is 0 Å². The summed E-state index contributed by atoms with van der Waals surface area (Å²) >= 11 is 0. The fourth-order valence-corrected chi connectivity index (χ4v) is 5.09. The first-order valence-corrected chi connectivity index (χ1v) is 13.6. The van der Waals surface area contributed by atoms with E-state index in [1.54, 1.807) is 0 Å². The van der Waals surface area contributed by atoms with Gasteiger partial charge in [-0.2, -0.15) is 0 Å². The number of ether oxygens (including phenoxy) is 1. The molecule has 0 unspecified atom stereocenters. The fourth-order valence-electron chi connectivity index (χ4n) is 5.09. The largest absolute Gasteiger partial charge is 0.465 e. The zero-order chi connectivity index (χ0) is 25.8. The lowest BCUT2D eigenvalue weighted by atomic mass is 9.96. The first-order chi connectivity index (χ1) is 17.5. The van der Waals surface area contributed by atoms with Crippen molar-refractivity contribution in [1.29, 1.82) is 5.41 Å². The van der Waals surface area contributed by atoms with Crippen LogP contribution in [0.15, 0.2) is 42.5 Å². The minimum atomic E-state index is -0.332. The van der Waals surface area contributed by atoms with Crippen molar-refractivity contribution < 1.29 is 9.53 Å². The second-order valence-corrected chi connectivity index (χ2v) is 10.1. The molecule has 0 aromatic heterocycles. The average Bonchev–Trinajstić information content (AvgIpc) is 2.90. The number of carbonyl (C=O) groups is 1. The maximum Gasteiger partial charge on any atom is 0.337 e. The maximum atomic E-state index is 12.5. The lowest BCUT2D eigenvalue weighted by molar-refractivity contribution is 0.0600. The van der Waals surface area contributed by atoms with Crippen LogP contribution in [0.4, 0.5) is 0 Å². The van der Waals surface area contributed by atoms with Crippen molar-refractivity contribution in [2.24, 2.45) is 11.7 Å². The van der Waals surface area contributed by atoms with Crippen LogP contribution in [0.1, 0.15) is 79.8 Å². The zero-order valence-electron chi connectivity index (χ0n) is 22.2. The third kappa shape index (κ3) is 8.75. The molecule has 0 radical (unpaired) electrons. The lowest BCUT2D eigenvalue weighted by Crippen LogP contribution is -2.36. The summed E-state index contributed by atoms with van der Waals surface area (Å²) in [4.78, 5) is 15.1. The number of benzene rings is 2. The molecular formula is C30H44N4O2. The third-order valence-electron chi connectivity index (χ3n) is 7.13. The van der Waals surface area contributed by atoms with Gasteiger partial charge >= 0.3 is 5.97 Å². The van der Waals surface area contributed by atoms with Crippen LogP contribution in [0, 0.1) is 11.3 Å². The van der Waals surface area contributed by atoms with Gasteiger partial charge in [0.1, 0.15) is 5.84 Å². The quantitative estimate of drug-likeness (QED) is 0.138. The molecule has 1 fully saturated rings. The SMILES string of the molecule is CCCCCCCCN(Cc1cc(C(=O)OC)cc(-c2cccc(C(=N)N)c2)c1)CC1CCNCC1. The molecule has 196 valence electrons. The summed E-state index contributed by atoms with van der Waals surface area (Å²) in [5.74, 6) is 0.414. The summed E-state index contributed by atoms with van der Waals surface area (Å²) in [7, 11) is 1.42. The van der Waals surface area contributed by atoms with E-state index in [4.69, 9.17) is 15.9 Å². The van der Waals surface area contributed by atoms with E-state index in [2.05, 4.69) is 23.2 Å². The number of piperidine rings is 1. The Balaban J connectivity index is 1.82. The first kappa shape index (κ1) is 27.9. The van der Waals surface area contributed by atoms with E-state index in [1.165, 1.54) is 58.5 Å². The molecule has 0 spiro atoms. The van der Waals surface area contributed by atoms with Gasteiger partial charge in [0.25, 0.3) is 0 Å². The molecule has 1 saturated heterocycles. The zero-order valence-corrected chi connectivity index (χ0v) is 22.2. The summed E-state index contributed by atoms with van der Waals surface area (Å²) < 4.78 is 5.07. The number of rotatable bonds is 14. The van der Waals surface area contributed by atoms with Crippen molar-refractivity contribution in [2.75, 3.05) is 33.3 Å². The molecule has 2 aromatic carbocycles. The number of nitrogens with one attached hydrogen (secondary N) is 2. The number of unbranched alkanes of at least 4 members (excludes halogenated alkanes) is 5. The highest BCUT2D eigenvalue weighted by Crippen LogP contribution is 2.26. The van der Waals surface area contributed by atoms with E-state index in [0.29, 0.717) is 17.0 Å². The fraction of sp³-hybridized carbons (Fsp3) is 0.533. The van der Waals surface area contributed by atoms with Crippen molar-refractivity contribution in [1.82, 2.24) is 10.2 Å². The van der Waals surface area contributed by atoms with Gasteiger partial charge in [-0.15, -0.1) is 0 Å².